The minimum absolute atomic E-state index is 0.0177. The maximum atomic E-state index is 12.9. The first kappa shape index (κ1) is 16.4. The Bertz CT molecular complexity index is 819. The van der Waals surface area contributed by atoms with Crippen LogP contribution in [-0.4, -0.2) is 20.5 Å². The van der Waals surface area contributed by atoms with Crippen molar-refractivity contribution >= 4 is 11.4 Å². The van der Waals surface area contributed by atoms with Crippen LogP contribution in [0.25, 0.3) is 16.8 Å². The average Bonchev–Trinajstić information content (AvgIpc) is 3.12. The Hall–Kier alpha value is -2.44. The second-order valence-electron chi connectivity index (χ2n) is 6.05. The van der Waals surface area contributed by atoms with E-state index in [1.54, 1.807) is 16.8 Å². The molecule has 0 saturated carbocycles. The molecule has 0 fully saturated rings. The minimum atomic E-state index is -4.45. The summed E-state index contributed by atoms with van der Waals surface area (Å²) < 4.78 is 40.4. The molecule has 0 aromatic carbocycles. The predicted molar refractivity (Wildman–Crippen MR) is 83.1 cm³/mol. The number of carbonyl (C=O) groups excluding carboxylic acids is 1. The monoisotopic (exact) mass is 335 g/mol. The first-order valence-corrected chi connectivity index (χ1v) is 7.61. The lowest BCUT2D eigenvalue weighted by Crippen LogP contribution is -2.07. The molecule has 0 spiro atoms. The number of carbonyl (C=O) groups is 1. The quantitative estimate of drug-likeness (QED) is 0.840. The number of pyridine rings is 1. The second-order valence-corrected chi connectivity index (χ2v) is 6.05. The molecule has 2 aromatic heterocycles. The minimum Gasteiger partial charge on any atom is -0.295 e. The molecular formula is C17H16F3N3O. The van der Waals surface area contributed by atoms with Crippen LogP contribution in [0.5, 0.6) is 0 Å². The van der Waals surface area contributed by atoms with Gasteiger partial charge >= 0.3 is 6.18 Å². The lowest BCUT2D eigenvalue weighted by Gasteiger charge is -2.11. The predicted octanol–water partition coefficient (Wildman–Crippen LogP) is 4.29. The molecule has 126 valence electrons. The molecule has 0 amide bonds. The summed E-state index contributed by atoms with van der Waals surface area (Å²) in [5.74, 6) is 0.0591. The zero-order chi connectivity index (χ0) is 17.5. The molecule has 0 bridgehead atoms. The van der Waals surface area contributed by atoms with E-state index >= 15 is 0 Å². The Kier molecular flexibility index (Phi) is 4.03. The van der Waals surface area contributed by atoms with E-state index in [4.69, 9.17) is 0 Å². The Morgan fingerprint density at radius 3 is 2.50 bits per heavy atom. The molecule has 0 aliphatic heterocycles. The third kappa shape index (κ3) is 3.11. The summed E-state index contributed by atoms with van der Waals surface area (Å²) in [7, 11) is 0. The highest BCUT2D eigenvalue weighted by Gasteiger charge is 2.31. The number of hydrogen-bond acceptors (Lipinski definition) is 3. The molecule has 0 N–H and O–H groups in total. The first-order valence-electron chi connectivity index (χ1n) is 7.61. The number of allylic oxidation sites excluding steroid dienone is 2. The first-order chi connectivity index (χ1) is 11.3. The summed E-state index contributed by atoms with van der Waals surface area (Å²) >= 11 is 0. The van der Waals surface area contributed by atoms with Crippen molar-refractivity contribution in [3.05, 3.63) is 41.9 Å². The maximum Gasteiger partial charge on any atom is 0.417 e. The molecule has 0 radical (unpaired) electrons. The van der Waals surface area contributed by atoms with E-state index in [1.165, 1.54) is 6.20 Å². The highest BCUT2D eigenvalue weighted by Crippen LogP contribution is 2.34. The van der Waals surface area contributed by atoms with Crippen LogP contribution in [0.3, 0.4) is 0 Å². The molecular weight excluding hydrogens is 319 g/mol. The molecule has 24 heavy (non-hydrogen) atoms. The summed E-state index contributed by atoms with van der Waals surface area (Å²) in [6.45, 7) is 3.87. The van der Waals surface area contributed by atoms with E-state index < -0.39 is 11.7 Å². The van der Waals surface area contributed by atoms with Gasteiger partial charge in [0.05, 0.1) is 17.0 Å². The van der Waals surface area contributed by atoms with Crippen molar-refractivity contribution in [2.45, 2.75) is 38.9 Å². The molecule has 0 atom stereocenters. The van der Waals surface area contributed by atoms with Crippen molar-refractivity contribution in [2.24, 2.45) is 0 Å². The number of halogens is 3. The number of nitrogens with zero attached hydrogens (tertiary/aromatic N) is 3. The van der Waals surface area contributed by atoms with Gasteiger partial charge in [0.2, 0.25) is 0 Å². The molecule has 0 saturated heterocycles. The SMILES string of the molecule is CC(C)n1nc(-c2cncc(C(F)(F)F)c2)cc1C1=CC(=O)CC1. The van der Waals surface area contributed by atoms with Crippen LogP contribution in [0.2, 0.25) is 0 Å². The molecule has 2 aromatic rings. The molecule has 0 unspecified atom stereocenters. The Labute approximate surface area is 137 Å². The lowest BCUT2D eigenvalue weighted by atomic mass is 10.1. The fourth-order valence-electron chi connectivity index (χ4n) is 2.70. The molecule has 3 rings (SSSR count). The van der Waals surface area contributed by atoms with Gasteiger partial charge in [-0.15, -0.1) is 0 Å². The number of alkyl halides is 3. The number of rotatable bonds is 3. The van der Waals surface area contributed by atoms with Crippen LogP contribution >= 0.6 is 0 Å². The van der Waals surface area contributed by atoms with Gasteiger partial charge < -0.3 is 0 Å². The van der Waals surface area contributed by atoms with E-state index in [9.17, 15) is 18.0 Å². The van der Waals surface area contributed by atoms with E-state index in [1.807, 2.05) is 13.8 Å². The van der Waals surface area contributed by atoms with Crippen molar-refractivity contribution in [1.82, 2.24) is 14.8 Å². The average molecular weight is 335 g/mol. The van der Waals surface area contributed by atoms with Crippen LogP contribution in [0.4, 0.5) is 13.2 Å². The topological polar surface area (TPSA) is 47.8 Å². The van der Waals surface area contributed by atoms with E-state index in [0.29, 0.717) is 24.1 Å². The van der Waals surface area contributed by atoms with Crippen molar-refractivity contribution in [3.63, 3.8) is 0 Å². The second kappa shape index (κ2) is 5.89. The third-order valence-electron chi connectivity index (χ3n) is 3.89. The van der Waals surface area contributed by atoms with E-state index in [2.05, 4.69) is 10.1 Å². The number of ketones is 1. The lowest BCUT2D eigenvalue weighted by molar-refractivity contribution is -0.137. The summed E-state index contributed by atoms with van der Waals surface area (Å²) in [6, 6.07) is 2.78. The zero-order valence-electron chi connectivity index (χ0n) is 13.3. The number of hydrogen-bond donors (Lipinski definition) is 0. The molecule has 7 heteroatoms. The van der Waals surface area contributed by atoms with Gasteiger partial charge in [0.1, 0.15) is 0 Å². The highest BCUT2D eigenvalue weighted by atomic mass is 19.4. The fourth-order valence-corrected chi connectivity index (χ4v) is 2.70. The van der Waals surface area contributed by atoms with Gasteiger partial charge in [-0.2, -0.15) is 18.3 Å². The maximum absolute atomic E-state index is 12.9. The largest absolute Gasteiger partial charge is 0.417 e. The molecule has 2 heterocycles. The van der Waals surface area contributed by atoms with Crippen molar-refractivity contribution in [3.8, 4) is 11.3 Å². The van der Waals surface area contributed by atoms with Gasteiger partial charge in [-0.25, -0.2) is 0 Å². The van der Waals surface area contributed by atoms with Crippen LogP contribution in [-0.2, 0) is 11.0 Å². The van der Waals surface area contributed by atoms with Gasteiger partial charge in [-0.05, 0) is 44.1 Å². The molecule has 1 aliphatic rings. The van der Waals surface area contributed by atoms with Gasteiger partial charge in [0.15, 0.2) is 5.78 Å². The van der Waals surface area contributed by atoms with Gasteiger partial charge in [0, 0.05) is 30.4 Å². The number of aromatic nitrogens is 3. The van der Waals surface area contributed by atoms with Crippen LogP contribution in [0.15, 0.2) is 30.6 Å². The molecule has 1 aliphatic carbocycles. The standard InChI is InChI=1S/C17H16F3N3O/c1-10(2)23-16(11-3-4-14(24)6-11)7-15(22-23)12-5-13(9-21-8-12)17(18,19)20/h5-10H,3-4H2,1-2H3. The van der Waals surface area contributed by atoms with Crippen molar-refractivity contribution in [1.29, 1.82) is 0 Å². The summed E-state index contributed by atoms with van der Waals surface area (Å²) in [5, 5.41) is 4.43. The van der Waals surface area contributed by atoms with Crippen LogP contribution in [0, 0.1) is 0 Å². The van der Waals surface area contributed by atoms with E-state index in [-0.39, 0.29) is 11.8 Å². The summed E-state index contributed by atoms with van der Waals surface area (Å²) in [5.41, 5.74) is 1.54. The highest BCUT2D eigenvalue weighted by molar-refractivity contribution is 6.01. The smallest absolute Gasteiger partial charge is 0.295 e. The fraction of sp³-hybridized carbons (Fsp3) is 0.353. The zero-order valence-corrected chi connectivity index (χ0v) is 13.3. The van der Waals surface area contributed by atoms with E-state index in [0.717, 1.165) is 23.5 Å². The normalized spacial score (nSPS) is 15.2. The van der Waals surface area contributed by atoms with Crippen molar-refractivity contribution in [2.75, 3.05) is 0 Å². The van der Waals surface area contributed by atoms with Crippen molar-refractivity contribution < 1.29 is 18.0 Å². The van der Waals surface area contributed by atoms with Gasteiger partial charge in [0.25, 0.3) is 0 Å². The summed E-state index contributed by atoms with van der Waals surface area (Å²) in [4.78, 5) is 15.2. The molecule has 4 nitrogen and oxygen atoms in total. The van der Waals surface area contributed by atoms with Gasteiger partial charge in [-0.3, -0.25) is 14.5 Å². The third-order valence-corrected chi connectivity index (χ3v) is 3.89. The Morgan fingerprint density at radius 2 is 1.92 bits per heavy atom. The summed E-state index contributed by atoms with van der Waals surface area (Å²) in [6.07, 6.45) is 0.371. The Morgan fingerprint density at radius 1 is 1.17 bits per heavy atom. The van der Waals surface area contributed by atoms with Gasteiger partial charge in [-0.1, -0.05) is 0 Å². The Balaban J connectivity index is 2.07. The van der Waals surface area contributed by atoms with Crippen LogP contribution in [0.1, 0.15) is 44.0 Å². The van der Waals surface area contributed by atoms with Crippen LogP contribution < -0.4 is 0 Å².